The van der Waals surface area contributed by atoms with E-state index in [0.29, 0.717) is 27.7 Å². The van der Waals surface area contributed by atoms with Crippen LogP contribution >= 0.6 is 0 Å². The minimum absolute atomic E-state index is 0. The average Bonchev–Trinajstić information content (AvgIpc) is 1.51. The van der Waals surface area contributed by atoms with Crippen LogP contribution in [-0.2, 0) is 44.6 Å². The van der Waals surface area contributed by atoms with Gasteiger partial charge >= 0.3 is 454 Å². The molecular weight excluding hydrogens is 1180 g/mol. The van der Waals surface area contributed by atoms with Crippen molar-refractivity contribution in [3.8, 4) is 54.0 Å². The van der Waals surface area contributed by atoms with Gasteiger partial charge in [-0.15, -0.1) is 0 Å². The fourth-order valence-electron chi connectivity index (χ4n) is 5.98. The molecule has 8 aromatic rings. The van der Waals surface area contributed by atoms with E-state index in [1.54, 1.807) is 41.5 Å². The number of pyridine rings is 2. The maximum absolute atomic E-state index is 14.3. The van der Waals surface area contributed by atoms with Crippen LogP contribution in [0.4, 0.5) is 26.3 Å². The fourth-order valence-corrected chi connectivity index (χ4v) is 10.2. The molecule has 0 amide bonds. The van der Waals surface area contributed by atoms with Crippen molar-refractivity contribution in [1.29, 1.82) is 0 Å². The van der Waals surface area contributed by atoms with E-state index in [1.165, 1.54) is 0 Å². The summed E-state index contributed by atoms with van der Waals surface area (Å²) in [6.45, 7) is 11.8. The Morgan fingerprint density at radius 2 is 0.882 bits per heavy atom. The van der Waals surface area contributed by atoms with Crippen LogP contribution in [0.5, 0.6) is 11.5 Å². The van der Waals surface area contributed by atoms with E-state index < -0.39 is 219 Å². The van der Waals surface area contributed by atoms with Gasteiger partial charge in [-0.25, -0.2) is 0 Å². The van der Waals surface area contributed by atoms with Gasteiger partial charge in [0, 0.05) is 0 Å². The molecule has 12 heteroatoms. The third kappa shape index (κ3) is 11.0. The number of nitrogens with zero attached hydrogens (tertiary/aromatic N) is 2. The number of alkyl halides is 6. The first kappa shape index (κ1) is 29.8. The molecule has 0 N–H and O–H groups in total. The van der Waals surface area contributed by atoms with Gasteiger partial charge in [0.2, 0.25) is 0 Å². The van der Waals surface area contributed by atoms with Crippen molar-refractivity contribution in [2.24, 2.45) is 10.8 Å². The second kappa shape index (κ2) is 18.8. The van der Waals surface area contributed by atoms with Crippen LogP contribution in [0.2, 0.25) is 0 Å². The minimum Gasteiger partial charge on any atom is 2.00 e. The monoisotopic (exact) mass is 1260 g/mol. The predicted octanol–water partition coefficient (Wildman–Crippen LogP) is 15.8. The summed E-state index contributed by atoms with van der Waals surface area (Å²) in [7, 11) is 0. The Kier molecular flexibility index (Phi) is 8.26. The van der Waals surface area contributed by atoms with E-state index in [2.05, 4.69) is 22.1 Å². The predicted molar refractivity (Wildman–Crippen MR) is 261 cm³/mol. The largest absolute Gasteiger partial charge is 2.00 e. The van der Waals surface area contributed by atoms with Crippen molar-refractivity contribution >= 4 is 48.3 Å². The Morgan fingerprint density at radius 3 is 1.21 bits per heavy atom. The first-order chi connectivity index (χ1) is 40.3. The van der Waals surface area contributed by atoms with Crippen LogP contribution in [0.15, 0.2) is 109 Å². The molecule has 0 atom stereocenters. The zero-order valence-electron chi connectivity index (χ0n) is 59.7. The first-order valence-corrected chi connectivity index (χ1v) is 23.7. The number of rotatable bonds is 10. The Morgan fingerprint density at radius 1 is 0.529 bits per heavy atom. The van der Waals surface area contributed by atoms with Crippen LogP contribution in [0, 0.1) is 23.0 Å². The number of hydrogen-bond donors (Lipinski definition) is 0. The van der Waals surface area contributed by atoms with Gasteiger partial charge in [-0.05, 0) is 0 Å². The standard InChI is InChI=1S/C56H52F6N2OSe2.Pt/c1-51(2,3)41-23-39(47-49-37(19-21-63-47)27-45(66-49)35-15-11-33(12-16-35)31-53(7,8)55(57,58)59)25-43(29-41)65-44-26-40(24-42(30-44)52(4,5)6)48-50-38(20-22-64-48)28-46(67-50)36-17-13-34(14-18-36)32-54(9,10)56(60,61)62;/h11-24,27-30H,31-32H2,1-10H3;/q-2;+2/i11D,12D,13D,14D,15D,16D,17D,18D,19D,20D,21D,22D,23D,24D,27D,28D,29D,30D,31D2,32D2;. The van der Waals surface area contributed by atoms with Crippen molar-refractivity contribution in [2.75, 3.05) is 0 Å². The third-order valence-electron chi connectivity index (χ3n) is 10.1. The molecule has 0 aliphatic carbocycles. The van der Waals surface area contributed by atoms with E-state index in [1.807, 2.05) is 0 Å². The van der Waals surface area contributed by atoms with Gasteiger partial charge in [0.1, 0.15) is 0 Å². The van der Waals surface area contributed by atoms with Crippen molar-refractivity contribution < 1.29 is 82.3 Å². The van der Waals surface area contributed by atoms with E-state index in [4.69, 9.17) is 26.7 Å². The van der Waals surface area contributed by atoms with Crippen LogP contribution in [0.25, 0.3) is 61.8 Å². The summed E-state index contributed by atoms with van der Waals surface area (Å²) in [4.78, 5) is 8.69. The number of ether oxygens (including phenoxy) is 1. The first-order valence-electron chi connectivity index (χ1n) is 31.3. The molecule has 0 saturated carbocycles. The number of aromatic nitrogens is 2. The van der Waals surface area contributed by atoms with Gasteiger partial charge in [0.05, 0.1) is 0 Å². The van der Waals surface area contributed by atoms with Crippen LogP contribution in [-0.4, -0.2) is 51.3 Å². The normalized spacial score (nSPS) is 18.0. The van der Waals surface area contributed by atoms with E-state index in [9.17, 15) is 34.6 Å². The molecule has 4 heterocycles. The molecule has 4 aromatic heterocycles. The summed E-state index contributed by atoms with van der Waals surface area (Å²) in [5.41, 5.74) is -13.8. The molecular formula is C56H52F6N2OPtSe2. The Labute approximate surface area is 452 Å². The molecule has 0 bridgehead atoms. The zero-order chi connectivity index (χ0) is 67.7. The Hall–Kier alpha value is -4.23. The maximum Gasteiger partial charge on any atom is 2.00 e. The fraction of sp³-hybridized carbons (Fsp3) is 0.321. The van der Waals surface area contributed by atoms with Crippen molar-refractivity contribution in [2.45, 2.75) is 105 Å². The molecule has 0 spiro atoms. The summed E-state index contributed by atoms with van der Waals surface area (Å²) in [5.74, 6) is -1.08. The Balaban J connectivity index is 0.0000115. The maximum atomic E-state index is 14.3. The van der Waals surface area contributed by atoms with Crippen LogP contribution < -0.4 is 4.74 Å². The topological polar surface area (TPSA) is 35.0 Å². The van der Waals surface area contributed by atoms with Gasteiger partial charge in [0.25, 0.3) is 0 Å². The quantitative estimate of drug-likeness (QED) is 0.0778. The second-order valence-electron chi connectivity index (χ2n) is 18.4. The number of hydrogen-bond acceptors (Lipinski definition) is 3. The molecule has 356 valence electrons. The minimum atomic E-state index is -5.23. The van der Waals surface area contributed by atoms with E-state index >= 15 is 0 Å². The van der Waals surface area contributed by atoms with Gasteiger partial charge in [-0.2, -0.15) is 0 Å². The molecule has 0 aliphatic rings. The Bertz CT molecular complexity index is 4030. The van der Waals surface area contributed by atoms with Crippen LogP contribution in [0.1, 0.15) is 122 Å². The molecule has 4 aromatic carbocycles. The summed E-state index contributed by atoms with van der Waals surface area (Å²) in [6, 6.07) is -7.44. The number of halogens is 6. The van der Waals surface area contributed by atoms with E-state index in [-0.39, 0.29) is 82.9 Å². The van der Waals surface area contributed by atoms with Crippen molar-refractivity contribution in [3.63, 3.8) is 0 Å². The van der Waals surface area contributed by atoms with Gasteiger partial charge in [-0.1, -0.05) is 0 Å². The average molecular weight is 1260 g/mol. The van der Waals surface area contributed by atoms with Gasteiger partial charge in [-0.3, -0.25) is 0 Å². The SMILES string of the molecule is [2H]c1nc(-c2[c-]c(Oc3[c-]c(-c4nc([2H])c([2H])c5c([2H])c(-c6c([2H])c([2H])c(C([2H])([2H])C(C)(C)C(F)(F)F)c([2H])c6[2H])[se]c45)c([2H])c(C(C)(C)C)c3[2H])c([2H])c(C(C)(C)C)c2[2H])c2[se]c(-c3c([2H])c([2H])c(C([2H])([2H])C(C)(C)C(F)(F)F)c([2H])c3[2H])c([2H])c2c1[2H].[Pt+2]. The molecule has 8 rings (SSSR count). The third-order valence-corrected chi connectivity index (χ3v) is 14.8. The van der Waals surface area contributed by atoms with E-state index in [0.717, 1.165) is 0 Å². The molecule has 0 unspecified atom stereocenters. The van der Waals surface area contributed by atoms with Gasteiger partial charge < -0.3 is 0 Å². The molecule has 3 nitrogen and oxygen atoms in total. The molecule has 0 aliphatic heterocycles. The molecule has 0 radical (unpaired) electrons. The summed E-state index contributed by atoms with van der Waals surface area (Å²) in [6.07, 6.45) is -19.1. The summed E-state index contributed by atoms with van der Waals surface area (Å²) < 4.78 is 289. The second-order valence-corrected chi connectivity index (χ2v) is 22.7. The number of fused-ring (bicyclic) bond motifs is 2. The molecule has 0 fully saturated rings. The zero-order valence-corrected chi connectivity index (χ0v) is 43.4. The smallest absolute Gasteiger partial charge is 2.00 e. The number of benzene rings is 4. The summed E-state index contributed by atoms with van der Waals surface area (Å²) in [5, 5.41) is -0.630. The molecule has 68 heavy (non-hydrogen) atoms. The van der Waals surface area contributed by atoms with Gasteiger partial charge in [0.15, 0.2) is 0 Å². The summed E-state index contributed by atoms with van der Waals surface area (Å²) >= 11 is -2.84. The van der Waals surface area contributed by atoms with Crippen molar-refractivity contribution in [3.05, 3.63) is 143 Å². The van der Waals surface area contributed by atoms with Crippen molar-refractivity contribution in [1.82, 2.24) is 9.97 Å². The molecule has 0 saturated heterocycles. The van der Waals surface area contributed by atoms with Crippen LogP contribution in [0.3, 0.4) is 0 Å².